The largest absolute Gasteiger partial charge is 0.416 e. The number of benzene rings is 1. The summed E-state index contributed by atoms with van der Waals surface area (Å²) >= 11 is 4.86. The molecule has 3 nitrogen and oxygen atoms in total. The summed E-state index contributed by atoms with van der Waals surface area (Å²) in [6, 6.07) is 4.11. The number of nitrogens with one attached hydrogen (secondary N) is 1. The summed E-state index contributed by atoms with van der Waals surface area (Å²) in [6.07, 6.45) is -2.95. The van der Waals surface area contributed by atoms with Gasteiger partial charge in [-0.05, 0) is 24.1 Å². The molecule has 0 aliphatic rings. The van der Waals surface area contributed by atoms with E-state index in [-0.39, 0.29) is 23.4 Å². The average molecular weight is 318 g/mol. The van der Waals surface area contributed by atoms with E-state index in [2.05, 4.69) is 5.32 Å². The minimum absolute atomic E-state index is 0.0129. The van der Waals surface area contributed by atoms with Crippen molar-refractivity contribution in [2.75, 3.05) is 0 Å². The van der Waals surface area contributed by atoms with Crippen LogP contribution in [0.1, 0.15) is 30.9 Å². The molecule has 0 heterocycles. The van der Waals surface area contributed by atoms with Gasteiger partial charge in [-0.2, -0.15) is 13.2 Å². The fourth-order valence-corrected chi connectivity index (χ4v) is 1.99. The van der Waals surface area contributed by atoms with Crippen LogP contribution in [0.15, 0.2) is 24.3 Å². The molecule has 0 bridgehead atoms. The van der Waals surface area contributed by atoms with Crippen molar-refractivity contribution in [3.05, 3.63) is 35.4 Å². The third-order valence-corrected chi connectivity index (χ3v) is 3.19. The number of carbonyl (C=O) groups excluding carboxylic acids is 1. The summed E-state index contributed by atoms with van der Waals surface area (Å²) in [5.41, 5.74) is 5.29. The summed E-state index contributed by atoms with van der Waals surface area (Å²) in [5.74, 6) is -0.319. The highest BCUT2D eigenvalue weighted by atomic mass is 32.1. The molecule has 0 spiro atoms. The molecule has 0 fully saturated rings. The molecule has 0 saturated carbocycles. The maximum Gasteiger partial charge on any atom is 0.416 e. The highest BCUT2D eigenvalue weighted by Crippen LogP contribution is 2.29. The molecule has 3 N–H and O–H groups in total. The number of nitrogens with two attached hydrogens (primary N) is 1. The lowest BCUT2D eigenvalue weighted by atomic mass is 10.1. The van der Waals surface area contributed by atoms with Gasteiger partial charge in [0.15, 0.2) is 0 Å². The smallest absolute Gasteiger partial charge is 0.392 e. The number of rotatable bonds is 6. The molecule has 0 radical (unpaired) electrons. The summed E-state index contributed by atoms with van der Waals surface area (Å²) in [4.78, 5) is 12.0. The predicted molar refractivity (Wildman–Crippen MR) is 78.8 cm³/mol. The summed E-state index contributed by atoms with van der Waals surface area (Å²) in [6.45, 7) is 1.94. The summed E-state index contributed by atoms with van der Waals surface area (Å²) in [5, 5.41) is 2.68. The van der Waals surface area contributed by atoms with Crippen LogP contribution in [0.4, 0.5) is 13.2 Å². The Bertz CT molecular complexity index is 500. The Labute approximate surface area is 126 Å². The quantitative estimate of drug-likeness (QED) is 0.793. The van der Waals surface area contributed by atoms with E-state index in [1.54, 1.807) is 0 Å². The van der Waals surface area contributed by atoms with Crippen molar-refractivity contribution in [2.24, 2.45) is 5.73 Å². The van der Waals surface area contributed by atoms with Crippen LogP contribution in [-0.4, -0.2) is 16.9 Å². The normalized spacial score (nSPS) is 12.8. The van der Waals surface area contributed by atoms with Gasteiger partial charge in [0.1, 0.15) is 0 Å². The van der Waals surface area contributed by atoms with Crippen LogP contribution in [0, 0.1) is 0 Å². The zero-order valence-corrected chi connectivity index (χ0v) is 12.4. The number of hydrogen-bond donors (Lipinski definition) is 2. The highest BCUT2D eigenvalue weighted by Gasteiger charge is 2.30. The number of carbonyl (C=O) groups is 1. The minimum Gasteiger partial charge on any atom is -0.392 e. The van der Waals surface area contributed by atoms with Gasteiger partial charge in [0.25, 0.3) is 0 Å². The van der Waals surface area contributed by atoms with Crippen LogP contribution in [-0.2, 0) is 17.4 Å². The fourth-order valence-electron chi connectivity index (χ4n) is 1.82. The van der Waals surface area contributed by atoms with Crippen molar-refractivity contribution >= 4 is 23.1 Å². The Hall–Kier alpha value is -1.63. The van der Waals surface area contributed by atoms with Crippen molar-refractivity contribution in [2.45, 2.75) is 38.4 Å². The van der Waals surface area contributed by atoms with Gasteiger partial charge in [-0.1, -0.05) is 37.7 Å². The molecule has 21 heavy (non-hydrogen) atoms. The molecule has 0 aromatic heterocycles. The van der Waals surface area contributed by atoms with Gasteiger partial charge in [0.05, 0.1) is 23.0 Å². The lowest BCUT2D eigenvalue weighted by molar-refractivity contribution is -0.137. The number of thiocarbonyl (C=S) groups is 1. The third kappa shape index (κ3) is 5.71. The first-order chi connectivity index (χ1) is 9.74. The first-order valence-corrected chi connectivity index (χ1v) is 6.89. The van der Waals surface area contributed by atoms with Gasteiger partial charge >= 0.3 is 6.18 Å². The number of hydrogen-bond acceptors (Lipinski definition) is 2. The molecule has 0 aliphatic heterocycles. The average Bonchev–Trinajstić information content (AvgIpc) is 2.37. The number of amides is 1. The molecule has 1 rings (SSSR count). The zero-order chi connectivity index (χ0) is 16.0. The lowest BCUT2D eigenvalue weighted by Crippen LogP contribution is -2.43. The maximum absolute atomic E-state index is 12.4. The van der Waals surface area contributed by atoms with E-state index in [9.17, 15) is 18.0 Å². The van der Waals surface area contributed by atoms with E-state index < -0.39 is 11.7 Å². The van der Waals surface area contributed by atoms with Gasteiger partial charge < -0.3 is 11.1 Å². The first kappa shape index (κ1) is 17.4. The Morgan fingerprint density at radius 2 is 1.90 bits per heavy atom. The highest BCUT2D eigenvalue weighted by molar-refractivity contribution is 7.80. The minimum atomic E-state index is -4.38. The molecule has 0 aliphatic carbocycles. The van der Waals surface area contributed by atoms with E-state index in [4.69, 9.17) is 18.0 Å². The van der Waals surface area contributed by atoms with Crippen molar-refractivity contribution in [3.63, 3.8) is 0 Å². The van der Waals surface area contributed by atoms with E-state index in [0.717, 1.165) is 18.6 Å². The topological polar surface area (TPSA) is 55.1 Å². The Balaban J connectivity index is 2.64. The SMILES string of the molecule is CCCC(NC(=O)Cc1ccc(C(F)(F)F)cc1)C(N)=S. The van der Waals surface area contributed by atoms with Gasteiger partial charge in [0.2, 0.25) is 5.91 Å². The fraction of sp³-hybridized carbons (Fsp3) is 0.429. The molecule has 1 amide bonds. The molecule has 0 saturated heterocycles. The van der Waals surface area contributed by atoms with Gasteiger partial charge in [-0.15, -0.1) is 0 Å². The van der Waals surface area contributed by atoms with E-state index >= 15 is 0 Å². The van der Waals surface area contributed by atoms with Crippen LogP contribution in [0.2, 0.25) is 0 Å². The van der Waals surface area contributed by atoms with Crippen molar-refractivity contribution in [1.29, 1.82) is 0 Å². The standard InChI is InChI=1S/C14H17F3N2OS/c1-2-3-11(13(18)21)19-12(20)8-9-4-6-10(7-5-9)14(15,16)17/h4-7,11H,2-3,8H2,1H3,(H2,18,21)(H,19,20). The van der Waals surface area contributed by atoms with Gasteiger partial charge in [0, 0.05) is 0 Å². The second-order valence-electron chi connectivity index (χ2n) is 4.68. The third-order valence-electron chi connectivity index (χ3n) is 2.90. The summed E-state index contributed by atoms with van der Waals surface area (Å²) in [7, 11) is 0. The molecule has 116 valence electrons. The van der Waals surface area contributed by atoms with Gasteiger partial charge in [-0.3, -0.25) is 4.79 Å². The van der Waals surface area contributed by atoms with Gasteiger partial charge in [-0.25, -0.2) is 0 Å². The van der Waals surface area contributed by atoms with Crippen molar-refractivity contribution in [3.8, 4) is 0 Å². The zero-order valence-electron chi connectivity index (χ0n) is 11.5. The van der Waals surface area contributed by atoms with Crippen molar-refractivity contribution < 1.29 is 18.0 Å². The van der Waals surface area contributed by atoms with Crippen LogP contribution in [0.3, 0.4) is 0 Å². The molecule has 7 heteroatoms. The Morgan fingerprint density at radius 3 is 2.33 bits per heavy atom. The molecule has 1 atom stereocenters. The number of halogens is 3. The molecule has 1 aromatic carbocycles. The molecule has 1 aromatic rings. The predicted octanol–water partition coefficient (Wildman–Crippen LogP) is 2.82. The second kappa shape index (κ2) is 7.40. The molecular formula is C14H17F3N2OS. The first-order valence-electron chi connectivity index (χ1n) is 6.49. The second-order valence-corrected chi connectivity index (χ2v) is 5.15. The van der Waals surface area contributed by atoms with Crippen LogP contribution < -0.4 is 11.1 Å². The summed E-state index contributed by atoms with van der Waals surface area (Å²) < 4.78 is 37.3. The van der Waals surface area contributed by atoms with E-state index in [1.807, 2.05) is 6.92 Å². The van der Waals surface area contributed by atoms with Crippen molar-refractivity contribution in [1.82, 2.24) is 5.32 Å². The van der Waals surface area contributed by atoms with Crippen LogP contribution >= 0.6 is 12.2 Å². The molecular weight excluding hydrogens is 301 g/mol. The van der Waals surface area contributed by atoms with E-state index in [1.165, 1.54) is 12.1 Å². The Morgan fingerprint density at radius 1 is 1.33 bits per heavy atom. The maximum atomic E-state index is 12.4. The van der Waals surface area contributed by atoms with E-state index in [0.29, 0.717) is 12.0 Å². The lowest BCUT2D eigenvalue weighted by Gasteiger charge is -2.16. The monoisotopic (exact) mass is 318 g/mol. The van der Waals surface area contributed by atoms with Crippen LogP contribution in [0.5, 0.6) is 0 Å². The van der Waals surface area contributed by atoms with Crippen LogP contribution in [0.25, 0.3) is 0 Å². The molecule has 1 unspecified atom stereocenters. The Kier molecular flexibility index (Phi) is 6.14. The number of alkyl halides is 3.